The summed E-state index contributed by atoms with van der Waals surface area (Å²) in [6, 6.07) is 8.86. The summed E-state index contributed by atoms with van der Waals surface area (Å²) in [6.45, 7) is 2.11. The molecule has 112 valence electrons. The van der Waals surface area contributed by atoms with E-state index in [1.165, 1.54) is 0 Å². The number of carbonyl (C=O) groups excluding carboxylic acids is 1. The van der Waals surface area contributed by atoms with Crippen LogP contribution in [0.3, 0.4) is 0 Å². The predicted molar refractivity (Wildman–Crippen MR) is 77.6 cm³/mol. The Labute approximate surface area is 124 Å². The number of hydrogen-bond donors (Lipinski definition) is 2. The summed E-state index contributed by atoms with van der Waals surface area (Å²) in [5.41, 5.74) is 0.406. The number of nitriles is 1. The van der Waals surface area contributed by atoms with Crippen LogP contribution >= 0.6 is 0 Å². The summed E-state index contributed by atoms with van der Waals surface area (Å²) in [7, 11) is 0. The number of nitrogens with one attached hydrogen (secondary N) is 1. The van der Waals surface area contributed by atoms with Gasteiger partial charge in [-0.15, -0.1) is 0 Å². The van der Waals surface area contributed by atoms with Crippen molar-refractivity contribution in [3.63, 3.8) is 0 Å². The molecule has 1 aromatic carbocycles. The molecule has 1 fully saturated rings. The van der Waals surface area contributed by atoms with E-state index in [1.807, 2.05) is 6.07 Å². The number of para-hydroxylation sites is 1. The van der Waals surface area contributed by atoms with Crippen LogP contribution in [0.25, 0.3) is 0 Å². The average Bonchev–Trinajstić information content (AvgIpc) is 2.90. The number of rotatable bonds is 5. The van der Waals surface area contributed by atoms with Crippen molar-refractivity contribution in [2.75, 3.05) is 6.54 Å². The van der Waals surface area contributed by atoms with Gasteiger partial charge in [0, 0.05) is 12.5 Å². The second kappa shape index (κ2) is 7.09. The zero-order valence-electron chi connectivity index (χ0n) is 12.1. The van der Waals surface area contributed by atoms with E-state index in [-0.39, 0.29) is 17.9 Å². The number of hydrogen-bond acceptors (Lipinski definition) is 4. The normalized spacial score (nSPS) is 22.3. The summed E-state index contributed by atoms with van der Waals surface area (Å²) in [6.07, 6.45) is 1.75. The molecule has 3 atom stereocenters. The molecule has 3 unspecified atom stereocenters. The summed E-state index contributed by atoms with van der Waals surface area (Å²) in [4.78, 5) is 12.0. The minimum Gasteiger partial charge on any atom is -0.480 e. The lowest BCUT2D eigenvalue weighted by Crippen LogP contribution is -2.40. The first kappa shape index (κ1) is 15.3. The molecule has 0 radical (unpaired) electrons. The van der Waals surface area contributed by atoms with Crippen LogP contribution in [-0.4, -0.2) is 29.8 Å². The third-order valence-corrected chi connectivity index (χ3v) is 3.84. The van der Waals surface area contributed by atoms with Gasteiger partial charge in [-0.3, -0.25) is 4.79 Å². The van der Waals surface area contributed by atoms with Gasteiger partial charge in [0.15, 0.2) is 6.10 Å². The van der Waals surface area contributed by atoms with E-state index in [4.69, 9.17) is 10.00 Å². The van der Waals surface area contributed by atoms with Gasteiger partial charge in [0.05, 0.1) is 11.7 Å². The van der Waals surface area contributed by atoms with Crippen molar-refractivity contribution in [1.82, 2.24) is 5.32 Å². The second-order valence-corrected chi connectivity index (χ2v) is 5.37. The van der Waals surface area contributed by atoms with Gasteiger partial charge in [0.25, 0.3) is 5.91 Å². The molecular weight excluding hydrogens is 268 g/mol. The lowest BCUT2D eigenvalue weighted by Gasteiger charge is -2.18. The monoisotopic (exact) mass is 288 g/mol. The van der Waals surface area contributed by atoms with Gasteiger partial charge >= 0.3 is 0 Å². The molecule has 0 aromatic heterocycles. The first-order valence-corrected chi connectivity index (χ1v) is 7.23. The Hall–Kier alpha value is -2.06. The van der Waals surface area contributed by atoms with Gasteiger partial charge in [0.2, 0.25) is 0 Å². The number of amides is 1. The summed E-state index contributed by atoms with van der Waals surface area (Å²) >= 11 is 0. The van der Waals surface area contributed by atoms with Crippen molar-refractivity contribution in [2.45, 2.75) is 38.4 Å². The molecule has 1 aliphatic carbocycles. The molecule has 1 aliphatic rings. The highest BCUT2D eigenvalue weighted by molar-refractivity contribution is 5.80. The summed E-state index contributed by atoms with van der Waals surface area (Å²) in [5.74, 6) is 0.304. The van der Waals surface area contributed by atoms with E-state index in [1.54, 1.807) is 31.2 Å². The number of ether oxygens (including phenoxy) is 1. The molecule has 0 saturated heterocycles. The Morgan fingerprint density at radius 2 is 2.29 bits per heavy atom. The fourth-order valence-corrected chi connectivity index (χ4v) is 2.54. The van der Waals surface area contributed by atoms with E-state index >= 15 is 0 Å². The van der Waals surface area contributed by atoms with Crippen LogP contribution in [0.1, 0.15) is 31.7 Å². The number of nitrogens with zero attached hydrogens (tertiary/aromatic N) is 1. The van der Waals surface area contributed by atoms with Crippen LogP contribution in [0.5, 0.6) is 5.75 Å². The largest absolute Gasteiger partial charge is 0.480 e. The van der Waals surface area contributed by atoms with Crippen LogP contribution in [0.4, 0.5) is 0 Å². The van der Waals surface area contributed by atoms with Crippen LogP contribution in [0, 0.1) is 17.2 Å². The molecule has 21 heavy (non-hydrogen) atoms. The molecule has 0 heterocycles. The second-order valence-electron chi connectivity index (χ2n) is 5.37. The van der Waals surface area contributed by atoms with Gasteiger partial charge in [0.1, 0.15) is 11.8 Å². The lowest BCUT2D eigenvalue weighted by atomic mass is 10.1. The van der Waals surface area contributed by atoms with E-state index in [0.717, 1.165) is 19.3 Å². The molecule has 5 heteroatoms. The van der Waals surface area contributed by atoms with Crippen molar-refractivity contribution in [3.8, 4) is 11.8 Å². The minimum atomic E-state index is -0.682. The molecular formula is C16H20N2O3. The Balaban J connectivity index is 1.86. The lowest BCUT2D eigenvalue weighted by molar-refractivity contribution is -0.127. The predicted octanol–water partition coefficient (Wildman–Crippen LogP) is 1.60. The number of aliphatic hydroxyl groups excluding tert-OH is 1. The number of benzene rings is 1. The highest BCUT2D eigenvalue weighted by atomic mass is 16.5. The van der Waals surface area contributed by atoms with Crippen molar-refractivity contribution in [3.05, 3.63) is 29.8 Å². The Morgan fingerprint density at radius 1 is 1.52 bits per heavy atom. The van der Waals surface area contributed by atoms with Crippen molar-refractivity contribution in [1.29, 1.82) is 5.26 Å². The molecule has 2 N–H and O–H groups in total. The van der Waals surface area contributed by atoms with Gasteiger partial charge in [-0.2, -0.15) is 5.26 Å². The van der Waals surface area contributed by atoms with E-state index in [0.29, 0.717) is 17.9 Å². The number of aliphatic hydroxyl groups is 1. The van der Waals surface area contributed by atoms with E-state index < -0.39 is 6.10 Å². The highest BCUT2D eigenvalue weighted by Gasteiger charge is 2.26. The standard InChI is InChI=1S/C16H20N2O3/c1-11(21-15-8-3-2-5-12(15)9-17)16(20)18-10-13-6-4-7-14(13)19/h2-3,5,8,11,13-14,19H,4,6-7,10H2,1H3,(H,18,20). The van der Waals surface area contributed by atoms with Crippen LogP contribution in [0.15, 0.2) is 24.3 Å². The molecule has 2 rings (SSSR count). The maximum absolute atomic E-state index is 12.0. The molecule has 0 spiro atoms. The van der Waals surface area contributed by atoms with Gasteiger partial charge < -0.3 is 15.2 Å². The Kier molecular flexibility index (Phi) is 5.18. The molecule has 0 aliphatic heterocycles. The van der Waals surface area contributed by atoms with Gasteiger partial charge in [-0.25, -0.2) is 0 Å². The number of carbonyl (C=O) groups is 1. The Morgan fingerprint density at radius 3 is 2.95 bits per heavy atom. The average molecular weight is 288 g/mol. The van der Waals surface area contributed by atoms with Crippen LogP contribution in [-0.2, 0) is 4.79 Å². The third-order valence-electron chi connectivity index (χ3n) is 3.84. The van der Waals surface area contributed by atoms with Crippen LogP contribution < -0.4 is 10.1 Å². The molecule has 1 amide bonds. The quantitative estimate of drug-likeness (QED) is 0.862. The van der Waals surface area contributed by atoms with Crippen molar-refractivity contribution < 1.29 is 14.6 Å². The Bertz CT molecular complexity index is 539. The van der Waals surface area contributed by atoms with E-state index in [2.05, 4.69) is 5.32 Å². The third kappa shape index (κ3) is 3.96. The highest BCUT2D eigenvalue weighted by Crippen LogP contribution is 2.24. The SMILES string of the molecule is CC(Oc1ccccc1C#N)C(=O)NCC1CCCC1O. The maximum atomic E-state index is 12.0. The molecule has 1 saturated carbocycles. The first-order valence-electron chi connectivity index (χ1n) is 7.23. The van der Waals surface area contributed by atoms with Crippen LogP contribution in [0.2, 0.25) is 0 Å². The van der Waals surface area contributed by atoms with E-state index in [9.17, 15) is 9.90 Å². The summed E-state index contributed by atoms with van der Waals surface area (Å²) < 4.78 is 5.54. The maximum Gasteiger partial charge on any atom is 0.260 e. The van der Waals surface area contributed by atoms with Crippen molar-refractivity contribution in [2.24, 2.45) is 5.92 Å². The van der Waals surface area contributed by atoms with Gasteiger partial charge in [-0.1, -0.05) is 18.6 Å². The zero-order chi connectivity index (χ0) is 15.2. The fourth-order valence-electron chi connectivity index (χ4n) is 2.54. The molecule has 0 bridgehead atoms. The fraction of sp³-hybridized carbons (Fsp3) is 0.500. The smallest absolute Gasteiger partial charge is 0.260 e. The zero-order valence-corrected chi connectivity index (χ0v) is 12.1. The molecule has 1 aromatic rings. The van der Waals surface area contributed by atoms with Gasteiger partial charge in [-0.05, 0) is 31.9 Å². The first-order chi connectivity index (χ1) is 10.1. The summed E-state index contributed by atoms with van der Waals surface area (Å²) in [5, 5.41) is 21.5. The topological polar surface area (TPSA) is 82.3 Å². The minimum absolute atomic E-state index is 0.132. The molecule has 5 nitrogen and oxygen atoms in total. The van der Waals surface area contributed by atoms with Crippen molar-refractivity contribution >= 4 is 5.91 Å².